The molecule has 0 aromatic heterocycles. The number of carboxylic acid groups (broad SMARTS) is 1. The van der Waals surface area contributed by atoms with E-state index in [0.717, 1.165) is 23.1 Å². The van der Waals surface area contributed by atoms with Crippen LogP contribution in [-0.4, -0.2) is 37.6 Å². The van der Waals surface area contributed by atoms with Gasteiger partial charge in [0, 0.05) is 11.7 Å². The minimum atomic E-state index is -4.02. The van der Waals surface area contributed by atoms with Gasteiger partial charge >= 0.3 is 12.0 Å². The van der Waals surface area contributed by atoms with Crippen LogP contribution in [0.4, 0.5) is 10.5 Å². The van der Waals surface area contributed by atoms with Gasteiger partial charge in [-0.2, -0.15) is 4.72 Å². The van der Waals surface area contributed by atoms with Crippen molar-refractivity contribution >= 4 is 27.7 Å². The number of aryl methyl sites for hydroxylation is 2. The monoisotopic (exact) mass is 523 g/mol. The lowest BCUT2D eigenvalue weighted by atomic mass is 10.0. The number of carboxylic acids is 1. The lowest BCUT2D eigenvalue weighted by Crippen LogP contribution is -2.42. The number of rotatable bonds is 10. The van der Waals surface area contributed by atoms with Crippen molar-refractivity contribution in [2.45, 2.75) is 57.5 Å². The highest BCUT2D eigenvalue weighted by molar-refractivity contribution is 7.89. The van der Waals surface area contributed by atoms with Gasteiger partial charge in [0.05, 0.1) is 4.90 Å². The molecular weight excluding hydrogens is 490 g/mol. The Kier molecular flexibility index (Phi) is 9.07. The lowest BCUT2D eigenvalue weighted by Gasteiger charge is -2.17. The largest absolute Gasteiger partial charge is 0.480 e. The molecule has 4 N–H and O–H groups in total. The summed E-state index contributed by atoms with van der Waals surface area (Å²) >= 11 is 0. The minimum absolute atomic E-state index is 0.0168. The first-order chi connectivity index (χ1) is 17.5. The van der Waals surface area contributed by atoms with Gasteiger partial charge in [-0.05, 0) is 79.6 Å². The van der Waals surface area contributed by atoms with Crippen molar-refractivity contribution < 1.29 is 23.1 Å². The van der Waals surface area contributed by atoms with Crippen LogP contribution in [0.5, 0.6) is 0 Å². The van der Waals surface area contributed by atoms with Crippen molar-refractivity contribution in [3.8, 4) is 11.1 Å². The number of carbonyl (C=O) groups excluding carboxylic acids is 1. The third-order valence-corrected chi connectivity index (χ3v) is 7.68. The topological polar surface area (TPSA) is 125 Å². The van der Waals surface area contributed by atoms with Crippen LogP contribution < -0.4 is 15.4 Å². The van der Waals surface area contributed by atoms with Crippen LogP contribution in [0.3, 0.4) is 0 Å². The highest BCUT2D eigenvalue weighted by atomic mass is 32.2. The third kappa shape index (κ3) is 7.65. The normalized spacial score (nSPS) is 13.0. The number of amides is 2. The van der Waals surface area contributed by atoms with E-state index in [1.54, 1.807) is 44.2 Å². The Morgan fingerprint density at radius 1 is 0.946 bits per heavy atom. The summed E-state index contributed by atoms with van der Waals surface area (Å²) in [7, 11) is -4.02. The van der Waals surface area contributed by atoms with Crippen molar-refractivity contribution in [1.29, 1.82) is 0 Å². The minimum Gasteiger partial charge on any atom is -0.480 e. The molecule has 0 bridgehead atoms. The molecule has 0 saturated carbocycles. The van der Waals surface area contributed by atoms with Crippen LogP contribution >= 0.6 is 0 Å². The molecule has 37 heavy (non-hydrogen) atoms. The standard InChI is InChI=1S/C28H33N3O5S/c1-5-20(4)29-28(34)30-24-8-6-7-23(17-24)22-13-11-21(12-14-22)16-25(27(32)33)31-37(35,36)26-15-18(2)9-10-19(26)3/h6-15,17,20,25,31H,5,16H2,1-4H3,(H,32,33)(H2,29,30,34). The smallest absolute Gasteiger partial charge is 0.322 e. The van der Waals surface area contributed by atoms with Crippen molar-refractivity contribution in [1.82, 2.24) is 10.0 Å². The van der Waals surface area contributed by atoms with Gasteiger partial charge in [0.2, 0.25) is 10.0 Å². The Bertz CT molecular complexity index is 1370. The molecule has 3 rings (SSSR count). The number of urea groups is 1. The van der Waals surface area contributed by atoms with Gasteiger partial charge in [-0.15, -0.1) is 0 Å². The van der Waals surface area contributed by atoms with Crippen molar-refractivity contribution in [2.75, 3.05) is 5.32 Å². The van der Waals surface area contributed by atoms with E-state index in [1.165, 1.54) is 6.07 Å². The number of benzene rings is 3. The maximum absolute atomic E-state index is 12.9. The Balaban J connectivity index is 1.73. The van der Waals surface area contributed by atoms with E-state index in [9.17, 15) is 23.1 Å². The second-order valence-corrected chi connectivity index (χ2v) is 10.9. The molecule has 0 radical (unpaired) electrons. The third-order valence-electron chi connectivity index (χ3n) is 6.07. The van der Waals surface area contributed by atoms with Gasteiger partial charge in [-0.1, -0.05) is 55.5 Å². The maximum atomic E-state index is 12.9. The molecule has 3 aromatic rings. The van der Waals surface area contributed by atoms with E-state index in [0.29, 0.717) is 16.8 Å². The average Bonchev–Trinajstić information content (AvgIpc) is 2.85. The van der Waals surface area contributed by atoms with E-state index in [1.807, 2.05) is 44.2 Å². The number of hydrogen-bond donors (Lipinski definition) is 4. The fraction of sp³-hybridized carbons (Fsp3) is 0.286. The Hall–Kier alpha value is -3.69. The van der Waals surface area contributed by atoms with Crippen LogP contribution in [0.2, 0.25) is 0 Å². The van der Waals surface area contributed by atoms with Crippen molar-refractivity contribution in [2.24, 2.45) is 0 Å². The Morgan fingerprint density at radius 3 is 2.30 bits per heavy atom. The van der Waals surface area contributed by atoms with Crippen molar-refractivity contribution in [3.63, 3.8) is 0 Å². The second-order valence-electron chi connectivity index (χ2n) is 9.17. The zero-order valence-electron chi connectivity index (χ0n) is 21.4. The number of anilines is 1. The quantitative estimate of drug-likeness (QED) is 0.302. The molecule has 196 valence electrons. The van der Waals surface area contributed by atoms with Gasteiger partial charge in [-0.3, -0.25) is 4.79 Å². The molecule has 9 heteroatoms. The fourth-order valence-electron chi connectivity index (χ4n) is 3.77. The highest BCUT2D eigenvalue weighted by Gasteiger charge is 2.27. The summed E-state index contributed by atoms with van der Waals surface area (Å²) in [6.45, 7) is 7.38. The molecule has 3 aromatic carbocycles. The molecule has 2 unspecified atom stereocenters. The van der Waals surface area contributed by atoms with E-state index in [2.05, 4.69) is 15.4 Å². The zero-order valence-corrected chi connectivity index (χ0v) is 22.2. The predicted molar refractivity (Wildman–Crippen MR) is 145 cm³/mol. The van der Waals surface area contributed by atoms with Gasteiger partial charge in [0.15, 0.2) is 0 Å². The van der Waals surface area contributed by atoms with Gasteiger partial charge in [0.25, 0.3) is 0 Å². The molecule has 8 nitrogen and oxygen atoms in total. The summed E-state index contributed by atoms with van der Waals surface area (Å²) in [6.07, 6.45) is 0.812. The van der Waals surface area contributed by atoms with Crippen LogP contribution in [0.15, 0.2) is 71.6 Å². The first-order valence-electron chi connectivity index (χ1n) is 12.1. The molecule has 0 spiro atoms. The van der Waals surface area contributed by atoms with Gasteiger partial charge in [-0.25, -0.2) is 13.2 Å². The lowest BCUT2D eigenvalue weighted by molar-refractivity contribution is -0.138. The summed E-state index contributed by atoms with van der Waals surface area (Å²) in [6, 6.07) is 18.1. The summed E-state index contributed by atoms with van der Waals surface area (Å²) in [4.78, 5) is 24.1. The molecule has 0 aliphatic carbocycles. The first kappa shape index (κ1) is 27.9. The Labute approximate surface area is 218 Å². The number of carbonyl (C=O) groups is 2. The highest BCUT2D eigenvalue weighted by Crippen LogP contribution is 2.24. The predicted octanol–water partition coefficient (Wildman–Crippen LogP) is 4.86. The van der Waals surface area contributed by atoms with Gasteiger partial charge < -0.3 is 15.7 Å². The number of sulfonamides is 1. The molecule has 0 saturated heterocycles. The summed E-state index contributed by atoms with van der Waals surface area (Å²) in [5.41, 5.74) is 4.37. The molecule has 0 aliphatic rings. The Morgan fingerprint density at radius 2 is 1.65 bits per heavy atom. The van der Waals surface area contributed by atoms with E-state index < -0.39 is 22.0 Å². The van der Waals surface area contributed by atoms with E-state index >= 15 is 0 Å². The molecule has 0 fully saturated rings. The van der Waals surface area contributed by atoms with Gasteiger partial charge in [0.1, 0.15) is 6.04 Å². The molecule has 0 heterocycles. The van der Waals surface area contributed by atoms with Crippen LogP contribution in [0, 0.1) is 13.8 Å². The zero-order chi connectivity index (χ0) is 27.2. The summed E-state index contributed by atoms with van der Waals surface area (Å²) in [5.74, 6) is -1.26. The van der Waals surface area contributed by atoms with E-state index in [4.69, 9.17) is 0 Å². The molecular formula is C28H33N3O5S. The average molecular weight is 524 g/mol. The maximum Gasteiger partial charge on any atom is 0.322 e. The molecule has 0 aliphatic heterocycles. The fourth-order valence-corrected chi connectivity index (χ4v) is 5.28. The van der Waals surface area contributed by atoms with Crippen LogP contribution in [0.1, 0.15) is 37.0 Å². The summed E-state index contributed by atoms with van der Waals surface area (Å²) < 4.78 is 28.2. The first-order valence-corrected chi connectivity index (χ1v) is 13.6. The summed E-state index contributed by atoms with van der Waals surface area (Å²) in [5, 5.41) is 15.4. The molecule has 2 atom stereocenters. The van der Waals surface area contributed by atoms with Crippen LogP contribution in [0.25, 0.3) is 11.1 Å². The number of nitrogens with one attached hydrogen (secondary N) is 3. The SMILES string of the molecule is CCC(C)NC(=O)Nc1cccc(-c2ccc(CC(NS(=O)(=O)c3cc(C)ccc3C)C(=O)O)cc2)c1. The number of aliphatic carboxylic acids is 1. The van der Waals surface area contributed by atoms with Crippen LogP contribution in [-0.2, 0) is 21.2 Å². The molecule has 2 amide bonds. The van der Waals surface area contributed by atoms with Crippen molar-refractivity contribution in [3.05, 3.63) is 83.4 Å². The second kappa shape index (κ2) is 12.0. The number of hydrogen-bond acceptors (Lipinski definition) is 4. The van der Waals surface area contributed by atoms with E-state index in [-0.39, 0.29) is 23.4 Å².